The van der Waals surface area contributed by atoms with E-state index in [4.69, 9.17) is 9.47 Å². The van der Waals surface area contributed by atoms with Crippen molar-refractivity contribution >= 4 is 43.1 Å². The predicted molar refractivity (Wildman–Crippen MR) is 124 cm³/mol. The maximum Gasteiger partial charge on any atom is 0.256 e. The van der Waals surface area contributed by atoms with Crippen LogP contribution in [0.25, 0.3) is 15.3 Å². The Hall–Kier alpha value is -3.44. The molecule has 5 rings (SSSR count). The molecule has 0 saturated carbocycles. The van der Waals surface area contributed by atoms with Gasteiger partial charge in [-0.1, -0.05) is 11.3 Å². The predicted octanol–water partition coefficient (Wildman–Crippen LogP) is 3.95. The smallest absolute Gasteiger partial charge is 0.256 e. The van der Waals surface area contributed by atoms with Crippen molar-refractivity contribution in [1.82, 2.24) is 14.8 Å². The van der Waals surface area contributed by atoms with E-state index in [-0.39, 0.29) is 17.6 Å². The van der Waals surface area contributed by atoms with Crippen LogP contribution in [0.4, 0.5) is 5.82 Å². The molecule has 0 fully saturated rings. The van der Waals surface area contributed by atoms with Gasteiger partial charge in [-0.25, -0.2) is 13.4 Å². The van der Waals surface area contributed by atoms with E-state index in [0.29, 0.717) is 33.7 Å². The van der Waals surface area contributed by atoms with Gasteiger partial charge < -0.3 is 14.8 Å². The molecule has 0 bridgehead atoms. The van der Waals surface area contributed by atoms with Crippen LogP contribution in [0.5, 0.6) is 11.5 Å². The summed E-state index contributed by atoms with van der Waals surface area (Å²) in [6.07, 6.45) is 0. The van der Waals surface area contributed by atoms with Gasteiger partial charge in [-0.15, -0.1) is 0 Å². The molecular formula is C22H20N4O5S2. The van der Waals surface area contributed by atoms with Crippen LogP contribution in [0.2, 0.25) is 0 Å². The number of thiazole rings is 1. The summed E-state index contributed by atoms with van der Waals surface area (Å²) in [4.78, 5) is 17.7. The number of aromatic nitrogens is 3. The van der Waals surface area contributed by atoms with Gasteiger partial charge in [0.05, 0.1) is 26.1 Å². The number of amides is 1. The summed E-state index contributed by atoms with van der Waals surface area (Å²) in [7, 11) is -3.41. The van der Waals surface area contributed by atoms with Crippen LogP contribution in [0.15, 0.2) is 47.4 Å². The minimum atomic E-state index is -3.41. The van der Waals surface area contributed by atoms with Crippen molar-refractivity contribution in [1.29, 1.82) is 0 Å². The van der Waals surface area contributed by atoms with Crippen molar-refractivity contribution in [2.24, 2.45) is 0 Å². The number of rotatable bonds is 5. The summed E-state index contributed by atoms with van der Waals surface area (Å²) in [5.74, 6) is 1.39. The zero-order chi connectivity index (χ0) is 23.3. The molecule has 11 heteroatoms. The monoisotopic (exact) mass is 484 g/mol. The van der Waals surface area contributed by atoms with Gasteiger partial charge in [0, 0.05) is 23.8 Å². The van der Waals surface area contributed by atoms with Crippen LogP contribution >= 0.6 is 11.3 Å². The number of nitrogens with zero attached hydrogens (tertiary/aromatic N) is 3. The quantitative estimate of drug-likeness (QED) is 0.456. The van der Waals surface area contributed by atoms with E-state index >= 15 is 0 Å². The second kappa shape index (κ2) is 7.85. The molecule has 9 nitrogen and oxygen atoms in total. The Kier molecular flexibility index (Phi) is 5.09. The number of ether oxygens (including phenoxy) is 2. The third kappa shape index (κ3) is 3.83. The normalized spacial score (nSPS) is 13.1. The maximum atomic E-state index is 12.9. The first-order chi connectivity index (χ1) is 15.7. The standard InChI is InChI=1S/C22H20N4O5S2/c1-12(2)33(28,29)15-6-4-14(5-7-15)21(27)24-20-8-13(3)25-26(20)22-23-16-9-17-18(31-11-30-17)10-19(16)32-22/h4-10,12H,11H2,1-3H3,(H,24,27). The molecule has 0 aliphatic carbocycles. The van der Waals surface area contributed by atoms with E-state index in [0.717, 1.165) is 10.2 Å². The molecule has 0 saturated heterocycles. The fraction of sp³-hybridized carbons (Fsp3) is 0.227. The molecule has 0 atom stereocenters. The number of hydrogen-bond donors (Lipinski definition) is 1. The van der Waals surface area contributed by atoms with Crippen molar-refractivity contribution in [3.05, 3.63) is 53.7 Å². The lowest BCUT2D eigenvalue weighted by Crippen LogP contribution is -2.16. The zero-order valence-corrected chi connectivity index (χ0v) is 19.7. The van der Waals surface area contributed by atoms with Crippen molar-refractivity contribution in [3.63, 3.8) is 0 Å². The zero-order valence-electron chi connectivity index (χ0n) is 18.0. The second-order valence-corrected chi connectivity index (χ2v) is 11.3. The largest absolute Gasteiger partial charge is 0.454 e. The maximum absolute atomic E-state index is 12.9. The molecule has 33 heavy (non-hydrogen) atoms. The summed E-state index contributed by atoms with van der Waals surface area (Å²) in [6.45, 7) is 5.25. The van der Waals surface area contributed by atoms with Crippen molar-refractivity contribution in [2.45, 2.75) is 30.9 Å². The van der Waals surface area contributed by atoms with Gasteiger partial charge in [-0.3, -0.25) is 4.79 Å². The van der Waals surface area contributed by atoms with Gasteiger partial charge in [0.2, 0.25) is 11.9 Å². The summed E-state index contributed by atoms with van der Waals surface area (Å²) >= 11 is 1.41. The Morgan fingerprint density at radius 2 is 1.82 bits per heavy atom. The molecular weight excluding hydrogens is 464 g/mol. The van der Waals surface area contributed by atoms with Gasteiger partial charge >= 0.3 is 0 Å². The second-order valence-electron chi connectivity index (χ2n) is 7.82. The van der Waals surface area contributed by atoms with Gasteiger partial charge in [0.25, 0.3) is 5.91 Å². The number of aryl methyl sites for hydroxylation is 1. The number of benzene rings is 2. The van der Waals surface area contributed by atoms with E-state index in [1.807, 2.05) is 19.1 Å². The summed E-state index contributed by atoms with van der Waals surface area (Å²) in [5.41, 5.74) is 1.78. The van der Waals surface area contributed by atoms with E-state index < -0.39 is 15.1 Å². The molecule has 170 valence electrons. The van der Waals surface area contributed by atoms with Crippen LogP contribution in [0, 0.1) is 6.92 Å². The molecule has 2 aromatic heterocycles. The highest BCUT2D eigenvalue weighted by atomic mass is 32.2. The Balaban J connectivity index is 1.43. The molecule has 2 aromatic carbocycles. The highest BCUT2D eigenvalue weighted by Crippen LogP contribution is 2.39. The topological polar surface area (TPSA) is 112 Å². The molecule has 4 aromatic rings. The van der Waals surface area contributed by atoms with Crippen molar-refractivity contribution < 1.29 is 22.7 Å². The Bertz CT molecular complexity index is 1450. The van der Waals surface area contributed by atoms with Crippen molar-refractivity contribution in [3.8, 4) is 16.6 Å². The van der Waals surface area contributed by atoms with E-state index in [2.05, 4.69) is 15.4 Å². The van der Waals surface area contributed by atoms with Crippen LogP contribution in [-0.2, 0) is 9.84 Å². The molecule has 0 radical (unpaired) electrons. The van der Waals surface area contributed by atoms with Crippen molar-refractivity contribution in [2.75, 3.05) is 12.1 Å². The first kappa shape index (κ1) is 21.4. The number of nitrogens with one attached hydrogen (secondary N) is 1. The number of sulfone groups is 1. The summed E-state index contributed by atoms with van der Waals surface area (Å²) in [5, 5.41) is 7.36. The molecule has 1 amide bonds. The average molecular weight is 485 g/mol. The third-order valence-corrected chi connectivity index (χ3v) is 8.36. The lowest BCUT2D eigenvalue weighted by Gasteiger charge is -2.09. The van der Waals surface area contributed by atoms with Crippen LogP contribution in [0.1, 0.15) is 29.9 Å². The minimum Gasteiger partial charge on any atom is -0.454 e. The number of hydrogen-bond acceptors (Lipinski definition) is 8. The van der Waals surface area contributed by atoms with E-state index in [9.17, 15) is 13.2 Å². The number of fused-ring (bicyclic) bond motifs is 2. The van der Waals surface area contributed by atoms with Crippen LogP contribution in [0.3, 0.4) is 0 Å². The molecule has 1 N–H and O–H groups in total. The van der Waals surface area contributed by atoms with Crippen LogP contribution < -0.4 is 14.8 Å². The highest BCUT2D eigenvalue weighted by Gasteiger charge is 2.21. The SMILES string of the molecule is Cc1cc(NC(=O)c2ccc(S(=O)(=O)C(C)C)cc2)n(-c2nc3cc4c(cc3s2)OCO4)n1. The van der Waals surface area contributed by atoms with E-state index in [1.165, 1.54) is 35.6 Å². The molecule has 0 unspecified atom stereocenters. The lowest BCUT2D eigenvalue weighted by molar-refractivity contribution is 0.102. The third-order valence-electron chi connectivity index (χ3n) is 5.19. The number of carbonyl (C=O) groups is 1. The molecule has 1 aliphatic heterocycles. The Morgan fingerprint density at radius 3 is 2.52 bits per heavy atom. The first-order valence-electron chi connectivity index (χ1n) is 10.1. The van der Waals surface area contributed by atoms with Gasteiger partial charge in [0.1, 0.15) is 5.82 Å². The number of anilines is 1. The molecule has 0 spiro atoms. The number of carbonyl (C=O) groups excluding carboxylic acids is 1. The first-order valence-corrected chi connectivity index (χ1v) is 12.5. The molecule has 3 heterocycles. The summed E-state index contributed by atoms with van der Waals surface area (Å²) in [6, 6.07) is 11.3. The average Bonchev–Trinajstić information content (AvgIpc) is 3.49. The fourth-order valence-corrected chi connectivity index (χ4v) is 5.39. The summed E-state index contributed by atoms with van der Waals surface area (Å²) < 4.78 is 38.0. The Morgan fingerprint density at radius 1 is 1.12 bits per heavy atom. The van der Waals surface area contributed by atoms with E-state index in [1.54, 1.807) is 24.6 Å². The van der Waals surface area contributed by atoms with Crippen LogP contribution in [-0.4, -0.2) is 41.1 Å². The molecule has 1 aliphatic rings. The Labute approximate surface area is 193 Å². The minimum absolute atomic E-state index is 0.185. The lowest BCUT2D eigenvalue weighted by atomic mass is 10.2. The van der Waals surface area contributed by atoms with Gasteiger partial charge in [-0.05, 0) is 45.0 Å². The highest BCUT2D eigenvalue weighted by molar-refractivity contribution is 7.92. The van der Waals surface area contributed by atoms with Gasteiger partial charge in [0.15, 0.2) is 21.3 Å². The fourth-order valence-electron chi connectivity index (χ4n) is 3.39. The van der Waals surface area contributed by atoms with Gasteiger partial charge in [-0.2, -0.15) is 9.78 Å².